The van der Waals surface area contributed by atoms with Gasteiger partial charge in [0.2, 0.25) is 0 Å². The number of aliphatic imine (C=N–C) groups is 1. The maximum atomic E-state index is 14.3. The summed E-state index contributed by atoms with van der Waals surface area (Å²) in [7, 11) is -1.61. The van der Waals surface area contributed by atoms with E-state index in [1.165, 1.54) is 12.3 Å². The van der Waals surface area contributed by atoms with Gasteiger partial charge in [-0.15, -0.1) is 0 Å². The first-order chi connectivity index (χ1) is 12.5. The average Bonchev–Trinajstić information content (AvgIpc) is 3.40. The van der Waals surface area contributed by atoms with Gasteiger partial charge in [0.25, 0.3) is 0 Å². The Morgan fingerprint density at radius 3 is 2.59 bits per heavy atom. The van der Waals surface area contributed by atoms with Gasteiger partial charge in [0.1, 0.15) is 0 Å². The monoisotopic (exact) mass is 399 g/mol. The Kier molecular flexibility index (Phi) is 6.72. The van der Waals surface area contributed by atoms with Crippen molar-refractivity contribution < 1.29 is 17.5 Å². The van der Waals surface area contributed by atoms with Crippen LogP contribution in [0.25, 0.3) is 0 Å². The molecule has 0 amide bonds. The molecule has 8 heteroatoms. The molecule has 2 rings (SSSR count). The third-order valence-corrected chi connectivity index (χ3v) is 7.04. The molecule has 0 radical (unpaired) electrons. The molecule has 0 saturated heterocycles. The van der Waals surface area contributed by atoms with E-state index in [0.717, 1.165) is 18.4 Å². The van der Waals surface area contributed by atoms with Crippen molar-refractivity contribution in [2.24, 2.45) is 10.9 Å². The van der Waals surface area contributed by atoms with Crippen molar-refractivity contribution in [3.8, 4) is 5.75 Å². The second-order valence-electron chi connectivity index (χ2n) is 7.77. The van der Waals surface area contributed by atoms with Crippen LogP contribution in [0.15, 0.2) is 23.2 Å². The number of nitrogens with one attached hydrogen (secondary N) is 2. The van der Waals surface area contributed by atoms with Crippen molar-refractivity contribution in [1.82, 2.24) is 10.6 Å². The van der Waals surface area contributed by atoms with E-state index >= 15 is 0 Å². The molecule has 0 aliphatic heterocycles. The van der Waals surface area contributed by atoms with Crippen LogP contribution < -0.4 is 15.4 Å². The smallest absolute Gasteiger partial charge is 0.191 e. The minimum absolute atomic E-state index is 0.209. The maximum Gasteiger partial charge on any atom is 0.191 e. The molecule has 0 heterocycles. The van der Waals surface area contributed by atoms with Crippen molar-refractivity contribution in [1.29, 1.82) is 0 Å². The Morgan fingerprint density at radius 1 is 1.41 bits per heavy atom. The molecule has 1 aliphatic carbocycles. The van der Waals surface area contributed by atoms with Crippen molar-refractivity contribution in [2.45, 2.75) is 44.4 Å². The van der Waals surface area contributed by atoms with Crippen LogP contribution in [0.1, 0.15) is 45.2 Å². The number of benzene rings is 1. The quantitative estimate of drug-likeness (QED) is 0.519. The number of rotatable bonds is 8. The lowest BCUT2D eigenvalue weighted by Gasteiger charge is -2.25. The van der Waals surface area contributed by atoms with Gasteiger partial charge in [-0.2, -0.15) is 0 Å². The molecular weight excluding hydrogens is 369 g/mol. The van der Waals surface area contributed by atoms with Gasteiger partial charge in [-0.05, 0) is 57.2 Å². The van der Waals surface area contributed by atoms with Gasteiger partial charge in [-0.25, -0.2) is 12.8 Å². The summed E-state index contributed by atoms with van der Waals surface area (Å²) in [6, 6.07) is 4.70. The molecule has 27 heavy (non-hydrogen) atoms. The standard InChI is InChI=1S/C19H30FN3O3S/c1-13(23-18(21-4)22-12-19(2,3)27(5,24)25)15-8-9-17(16(20)10-15)26-11-14-6-7-14/h8-10,13-14H,6-7,11-12H2,1-5H3,(H2,21,22,23). The molecule has 0 spiro atoms. The van der Waals surface area contributed by atoms with Gasteiger partial charge < -0.3 is 15.4 Å². The van der Waals surface area contributed by atoms with Crippen LogP contribution in [0.2, 0.25) is 0 Å². The van der Waals surface area contributed by atoms with Crippen LogP contribution in [0.5, 0.6) is 5.75 Å². The van der Waals surface area contributed by atoms with Gasteiger partial charge in [0, 0.05) is 19.8 Å². The molecule has 1 aromatic rings. The number of ether oxygens (including phenoxy) is 1. The lowest BCUT2D eigenvalue weighted by Crippen LogP contribution is -2.48. The van der Waals surface area contributed by atoms with E-state index in [4.69, 9.17) is 4.74 Å². The van der Waals surface area contributed by atoms with E-state index in [9.17, 15) is 12.8 Å². The van der Waals surface area contributed by atoms with E-state index in [-0.39, 0.29) is 24.2 Å². The Morgan fingerprint density at radius 2 is 2.07 bits per heavy atom. The second kappa shape index (κ2) is 8.46. The first-order valence-electron chi connectivity index (χ1n) is 9.12. The molecule has 2 N–H and O–H groups in total. The highest BCUT2D eigenvalue weighted by atomic mass is 32.2. The summed E-state index contributed by atoms with van der Waals surface area (Å²) >= 11 is 0. The highest BCUT2D eigenvalue weighted by Gasteiger charge is 2.30. The molecular formula is C19H30FN3O3S. The van der Waals surface area contributed by atoms with Crippen LogP contribution in [-0.4, -0.2) is 45.6 Å². The molecule has 1 saturated carbocycles. The van der Waals surface area contributed by atoms with Crippen molar-refractivity contribution in [3.05, 3.63) is 29.6 Å². The van der Waals surface area contributed by atoms with Gasteiger partial charge in [0.05, 0.1) is 17.4 Å². The lowest BCUT2D eigenvalue weighted by molar-refractivity contribution is 0.285. The van der Waals surface area contributed by atoms with E-state index in [0.29, 0.717) is 18.5 Å². The molecule has 1 fully saturated rings. The fourth-order valence-corrected chi connectivity index (χ4v) is 2.64. The second-order valence-corrected chi connectivity index (χ2v) is 10.4. The zero-order valence-corrected chi connectivity index (χ0v) is 17.5. The van der Waals surface area contributed by atoms with Crippen molar-refractivity contribution >= 4 is 15.8 Å². The third-order valence-electron chi connectivity index (χ3n) is 4.89. The molecule has 0 bridgehead atoms. The minimum atomic E-state index is -3.21. The highest BCUT2D eigenvalue weighted by molar-refractivity contribution is 7.92. The Hall–Kier alpha value is -1.83. The molecule has 6 nitrogen and oxygen atoms in total. The van der Waals surface area contributed by atoms with Crippen LogP contribution in [0.4, 0.5) is 4.39 Å². The summed E-state index contributed by atoms with van der Waals surface area (Å²) in [6.07, 6.45) is 3.52. The lowest BCUT2D eigenvalue weighted by atomic mass is 10.1. The fourth-order valence-electron chi connectivity index (χ4n) is 2.31. The van der Waals surface area contributed by atoms with Crippen LogP contribution >= 0.6 is 0 Å². The van der Waals surface area contributed by atoms with Crippen LogP contribution in [0, 0.1) is 11.7 Å². The van der Waals surface area contributed by atoms with Gasteiger partial charge in [0.15, 0.2) is 27.4 Å². The SMILES string of the molecule is CN=C(NCC(C)(C)S(C)(=O)=O)NC(C)c1ccc(OCC2CC2)c(F)c1. The normalized spacial score (nSPS) is 16.7. The third kappa shape index (κ3) is 6.09. The van der Waals surface area contributed by atoms with E-state index < -0.39 is 14.6 Å². The molecule has 0 aromatic heterocycles. The summed E-state index contributed by atoms with van der Waals surface area (Å²) in [6.45, 7) is 5.97. The largest absolute Gasteiger partial charge is 0.490 e. The zero-order valence-electron chi connectivity index (χ0n) is 16.7. The van der Waals surface area contributed by atoms with Crippen molar-refractivity contribution in [2.75, 3.05) is 26.5 Å². The van der Waals surface area contributed by atoms with Gasteiger partial charge in [-0.3, -0.25) is 4.99 Å². The average molecular weight is 400 g/mol. The van der Waals surface area contributed by atoms with E-state index in [2.05, 4.69) is 15.6 Å². The summed E-state index contributed by atoms with van der Waals surface area (Å²) in [5, 5.41) is 6.17. The first-order valence-corrected chi connectivity index (χ1v) is 11.0. The van der Waals surface area contributed by atoms with Crippen LogP contribution in [0.3, 0.4) is 0 Å². The van der Waals surface area contributed by atoms with Gasteiger partial charge >= 0.3 is 0 Å². The number of guanidine groups is 1. The molecule has 152 valence electrons. The molecule has 1 aliphatic rings. The first kappa shape index (κ1) is 21.5. The summed E-state index contributed by atoms with van der Waals surface area (Å²) in [4.78, 5) is 4.12. The minimum Gasteiger partial charge on any atom is -0.490 e. The predicted molar refractivity (Wildman–Crippen MR) is 106 cm³/mol. The van der Waals surface area contributed by atoms with E-state index in [1.807, 2.05) is 13.0 Å². The fraction of sp³-hybridized carbons (Fsp3) is 0.632. The van der Waals surface area contributed by atoms with Crippen LogP contribution in [-0.2, 0) is 9.84 Å². The van der Waals surface area contributed by atoms with E-state index in [1.54, 1.807) is 27.0 Å². The number of sulfone groups is 1. The topological polar surface area (TPSA) is 79.8 Å². The Bertz CT molecular complexity index is 789. The number of hydrogen-bond acceptors (Lipinski definition) is 4. The van der Waals surface area contributed by atoms with Gasteiger partial charge in [-0.1, -0.05) is 6.07 Å². The number of halogens is 1. The Balaban J connectivity index is 1.95. The number of nitrogens with zero attached hydrogens (tertiary/aromatic N) is 1. The predicted octanol–water partition coefficient (Wildman–Crippen LogP) is 2.66. The van der Waals surface area contributed by atoms with Crippen molar-refractivity contribution in [3.63, 3.8) is 0 Å². The molecule has 1 unspecified atom stereocenters. The molecule has 1 atom stereocenters. The summed E-state index contributed by atoms with van der Waals surface area (Å²) < 4.78 is 42.5. The maximum absolute atomic E-state index is 14.3. The Labute approximate surface area is 161 Å². The number of hydrogen-bond donors (Lipinski definition) is 2. The molecule has 1 aromatic carbocycles. The highest BCUT2D eigenvalue weighted by Crippen LogP contribution is 2.30. The summed E-state index contributed by atoms with van der Waals surface area (Å²) in [5.74, 6) is 0.905. The summed E-state index contributed by atoms with van der Waals surface area (Å²) in [5.41, 5.74) is 0.747. The zero-order chi connectivity index (χ0) is 20.2.